The van der Waals surface area contributed by atoms with Gasteiger partial charge in [0, 0.05) is 17.5 Å². The van der Waals surface area contributed by atoms with Crippen molar-refractivity contribution in [2.24, 2.45) is 11.1 Å². The average molecular weight is 287 g/mol. The van der Waals surface area contributed by atoms with Crippen LogP contribution in [0.4, 0.5) is 0 Å². The third-order valence-electron chi connectivity index (χ3n) is 3.54. The summed E-state index contributed by atoms with van der Waals surface area (Å²) in [5, 5.41) is 3.46. The summed E-state index contributed by atoms with van der Waals surface area (Å²) in [5.74, 6) is -0.269. The zero-order chi connectivity index (χ0) is 13.3. The summed E-state index contributed by atoms with van der Waals surface area (Å²) in [6.07, 6.45) is 3.37. The van der Waals surface area contributed by atoms with Gasteiger partial charge in [0.15, 0.2) is 0 Å². The molecule has 0 aromatic carbocycles. The molecule has 0 radical (unpaired) electrons. The number of aryl methyl sites for hydroxylation is 1. The van der Waals surface area contributed by atoms with E-state index in [1.54, 1.807) is 11.3 Å². The number of hydrogen-bond donors (Lipinski definition) is 2. The molecular formula is C13H19ClN2OS. The quantitative estimate of drug-likeness (QED) is 0.894. The van der Waals surface area contributed by atoms with Crippen LogP contribution in [0.25, 0.3) is 0 Å². The average Bonchev–Trinajstić information content (AvgIpc) is 2.66. The number of nitrogens with one attached hydrogen (secondary N) is 1. The van der Waals surface area contributed by atoms with Crippen LogP contribution in [0, 0.1) is 5.41 Å². The molecule has 0 aliphatic heterocycles. The van der Waals surface area contributed by atoms with E-state index in [0.29, 0.717) is 12.6 Å². The third kappa shape index (κ3) is 2.87. The molecule has 0 fully saturated rings. The fourth-order valence-electron chi connectivity index (χ4n) is 2.20. The van der Waals surface area contributed by atoms with Crippen LogP contribution in [-0.2, 0) is 11.2 Å². The first-order chi connectivity index (χ1) is 8.40. The summed E-state index contributed by atoms with van der Waals surface area (Å²) in [4.78, 5) is 12.7. The van der Waals surface area contributed by atoms with E-state index in [0.717, 1.165) is 17.2 Å². The molecule has 0 saturated carbocycles. The second-order valence-corrected chi connectivity index (χ2v) is 7.27. The van der Waals surface area contributed by atoms with Crippen LogP contribution >= 0.6 is 22.9 Å². The van der Waals surface area contributed by atoms with Crippen LogP contribution in [0.2, 0.25) is 4.34 Å². The van der Waals surface area contributed by atoms with Gasteiger partial charge in [-0.05, 0) is 44.7 Å². The predicted octanol–water partition coefficient (Wildman–Crippen LogP) is 2.88. The van der Waals surface area contributed by atoms with Crippen molar-refractivity contribution in [3.63, 3.8) is 0 Å². The summed E-state index contributed by atoms with van der Waals surface area (Å²) in [6.45, 7) is 4.33. The first kappa shape index (κ1) is 13.8. The highest BCUT2D eigenvalue weighted by molar-refractivity contribution is 7.16. The molecule has 1 heterocycles. The van der Waals surface area contributed by atoms with Crippen molar-refractivity contribution < 1.29 is 4.79 Å². The maximum Gasteiger partial charge on any atom is 0.224 e. The lowest BCUT2D eigenvalue weighted by atomic mass is 9.89. The molecular weight excluding hydrogens is 268 g/mol. The molecule has 18 heavy (non-hydrogen) atoms. The standard InChI is InChI=1S/C13H19ClN2OS/c1-13(2,12(15)17)7-16-9-4-3-5-10-8(9)6-11(14)18-10/h6,9,16H,3-5,7H2,1-2H3,(H2,15,17). The molecule has 2 rings (SSSR count). The molecule has 100 valence electrons. The van der Waals surface area contributed by atoms with Crippen molar-refractivity contribution in [3.05, 3.63) is 20.8 Å². The Hall–Kier alpha value is -0.580. The van der Waals surface area contributed by atoms with E-state index in [1.165, 1.54) is 16.9 Å². The number of hydrogen-bond acceptors (Lipinski definition) is 3. The smallest absolute Gasteiger partial charge is 0.224 e. The van der Waals surface area contributed by atoms with Crippen LogP contribution in [0.5, 0.6) is 0 Å². The maximum atomic E-state index is 11.3. The summed E-state index contributed by atoms with van der Waals surface area (Å²) in [5.41, 5.74) is 6.17. The molecule has 1 aromatic heterocycles. The van der Waals surface area contributed by atoms with E-state index in [-0.39, 0.29) is 5.91 Å². The number of primary amides is 1. The monoisotopic (exact) mass is 286 g/mol. The number of amides is 1. The third-order valence-corrected chi connectivity index (χ3v) is 4.88. The van der Waals surface area contributed by atoms with Crippen molar-refractivity contribution in [2.45, 2.75) is 39.2 Å². The van der Waals surface area contributed by atoms with E-state index in [1.807, 2.05) is 13.8 Å². The summed E-state index contributed by atoms with van der Waals surface area (Å²) >= 11 is 7.74. The number of halogens is 1. The maximum absolute atomic E-state index is 11.3. The predicted molar refractivity (Wildman–Crippen MR) is 76.0 cm³/mol. The topological polar surface area (TPSA) is 55.1 Å². The summed E-state index contributed by atoms with van der Waals surface area (Å²) < 4.78 is 0.850. The van der Waals surface area contributed by atoms with Crippen LogP contribution in [-0.4, -0.2) is 12.5 Å². The molecule has 1 amide bonds. The number of carbonyl (C=O) groups is 1. The Labute approximate surface area is 117 Å². The fraction of sp³-hybridized carbons (Fsp3) is 0.615. The Kier molecular flexibility index (Phi) is 3.99. The van der Waals surface area contributed by atoms with Gasteiger partial charge in [-0.2, -0.15) is 0 Å². The van der Waals surface area contributed by atoms with Gasteiger partial charge in [-0.3, -0.25) is 4.79 Å². The lowest BCUT2D eigenvalue weighted by molar-refractivity contribution is -0.125. The van der Waals surface area contributed by atoms with E-state index in [9.17, 15) is 4.79 Å². The Morgan fingerprint density at radius 2 is 2.39 bits per heavy atom. The molecule has 5 heteroatoms. The number of fused-ring (bicyclic) bond motifs is 1. The zero-order valence-electron chi connectivity index (χ0n) is 10.8. The van der Waals surface area contributed by atoms with Crippen LogP contribution in [0.3, 0.4) is 0 Å². The van der Waals surface area contributed by atoms with E-state index in [2.05, 4.69) is 11.4 Å². The molecule has 3 N–H and O–H groups in total. The molecule has 1 aliphatic carbocycles. The first-order valence-electron chi connectivity index (χ1n) is 6.21. The minimum absolute atomic E-state index is 0.269. The fourth-order valence-corrected chi connectivity index (χ4v) is 3.58. The molecule has 1 aromatic rings. The SMILES string of the molecule is CC(C)(CNC1CCCc2sc(Cl)cc21)C(N)=O. The van der Waals surface area contributed by atoms with E-state index >= 15 is 0 Å². The normalized spacial score (nSPS) is 19.6. The highest BCUT2D eigenvalue weighted by Gasteiger charge is 2.28. The van der Waals surface area contributed by atoms with Gasteiger partial charge in [0.2, 0.25) is 5.91 Å². The van der Waals surface area contributed by atoms with Crippen LogP contribution in [0.15, 0.2) is 6.07 Å². The lowest BCUT2D eigenvalue weighted by Gasteiger charge is -2.28. The molecule has 1 aliphatic rings. The van der Waals surface area contributed by atoms with Gasteiger partial charge in [0.25, 0.3) is 0 Å². The molecule has 1 atom stereocenters. The van der Waals surface area contributed by atoms with Crippen LogP contribution < -0.4 is 11.1 Å². The molecule has 0 bridgehead atoms. The Bertz CT molecular complexity index is 456. The van der Waals surface area contributed by atoms with Crippen LogP contribution in [0.1, 0.15) is 43.2 Å². The molecule has 3 nitrogen and oxygen atoms in total. The Balaban J connectivity index is 2.06. The lowest BCUT2D eigenvalue weighted by Crippen LogP contribution is -2.42. The van der Waals surface area contributed by atoms with Crippen molar-refractivity contribution in [2.75, 3.05) is 6.54 Å². The summed E-state index contributed by atoms with van der Waals surface area (Å²) in [7, 11) is 0. The van der Waals surface area contributed by atoms with Gasteiger partial charge in [-0.25, -0.2) is 0 Å². The van der Waals surface area contributed by atoms with Gasteiger partial charge in [0.05, 0.1) is 9.75 Å². The minimum Gasteiger partial charge on any atom is -0.369 e. The minimum atomic E-state index is -0.516. The number of rotatable bonds is 4. The van der Waals surface area contributed by atoms with Gasteiger partial charge >= 0.3 is 0 Å². The van der Waals surface area contributed by atoms with Gasteiger partial charge in [0.1, 0.15) is 0 Å². The highest BCUT2D eigenvalue weighted by atomic mass is 35.5. The van der Waals surface area contributed by atoms with Crippen molar-refractivity contribution in [1.82, 2.24) is 5.32 Å². The van der Waals surface area contributed by atoms with E-state index in [4.69, 9.17) is 17.3 Å². The zero-order valence-corrected chi connectivity index (χ0v) is 12.3. The second kappa shape index (κ2) is 5.19. The van der Waals surface area contributed by atoms with Crippen molar-refractivity contribution in [3.8, 4) is 0 Å². The number of nitrogens with two attached hydrogens (primary N) is 1. The van der Waals surface area contributed by atoms with Crippen molar-refractivity contribution >= 4 is 28.8 Å². The number of thiophene rings is 1. The summed E-state index contributed by atoms with van der Waals surface area (Å²) in [6, 6.07) is 2.35. The Morgan fingerprint density at radius 1 is 1.67 bits per heavy atom. The van der Waals surface area contributed by atoms with E-state index < -0.39 is 5.41 Å². The largest absolute Gasteiger partial charge is 0.369 e. The molecule has 0 saturated heterocycles. The second-order valence-electron chi connectivity index (χ2n) is 5.50. The first-order valence-corrected chi connectivity index (χ1v) is 7.41. The van der Waals surface area contributed by atoms with Crippen molar-refractivity contribution in [1.29, 1.82) is 0 Å². The Morgan fingerprint density at radius 3 is 3.06 bits per heavy atom. The van der Waals surface area contributed by atoms with Gasteiger partial charge in [-0.1, -0.05) is 11.6 Å². The highest BCUT2D eigenvalue weighted by Crippen LogP contribution is 2.38. The van der Waals surface area contributed by atoms with Gasteiger partial charge in [-0.15, -0.1) is 11.3 Å². The number of carbonyl (C=O) groups excluding carboxylic acids is 1. The molecule has 0 spiro atoms. The molecule has 1 unspecified atom stereocenters. The van der Waals surface area contributed by atoms with Gasteiger partial charge < -0.3 is 11.1 Å².